The molecule has 20 heavy (non-hydrogen) atoms. The van der Waals surface area contributed by atoms with Crippen LogP contribution in [0.3, 0.4) is 0 Å². The van der Waals surface area contributed by atoms with Gasteiger partial charge in [-0.3, -0.25) is 4.68 Å². The van der Waals surface area contributed by atoms with Gasteiger partial charge in [-0.25, -0.2) is 0 Å². The van der Waals surface area contributed by atoms with Crippen LogP contribution in [-0.4, -0.2) is 14.9 Å². The van der Waals surface area contributed by atoms with Crippen molar-refractivity contribution in [3.05, 3.63) is 41.1 Å². The van der Waals surface area contributed by atoms with Crippen LogP contribution in [0, 0.1) is 0 Å². The molecule has 1 unspecified atom stereocenters. The van der Waals surface area contributed by atoms with Gasteiger partial charge in [-0.05, 0) is 38.3 Å². The summed E-state index contributed by atoms with van der Waals surface area (Å²) in [7, 11) is 0. The van der Waals surface area contributed by atoms with E-state index in [9.17, 15) is 5.11 Å². The van der Waals surface area contributed by atoms with Gasteiger partial charge in [0.15, 0.2) is 0 Å². The molecule has 0 aromatic carbocycles. The van der Waals surface area contributed by atoms with Gasteiger partial charge in [0.1, 0.15) is 5.76 Å². The first-order valence-electron chi connectivity index (χ1n) is 7.51. The van der Waals surface area contributed by atoms with Gasteiger partial charge in [0.25, 0.3) is 0 Å². The van der Waals surface area contributed by atoms with Gasteiger partial charge < -0.3 is 9.52 Å². The molecular weight excluding hydrogens is 252 g/mol. The predicted octanol–water partition coefficient (Wildman–Crippen LogP) is 2.83. The average molecular weight is 274 g/mol. The average Bonchev–Trinajstić information content (AvgIpc) is 3.05. The third kappa shape index (κ3) is 2.18. The molecule has 1 aliphatic carbocycles. The second-order valence-corrected chi connectivity index (χ2v) is 5.62. The molecule has 0 fully saturated rings. The summed E-state index contributed by atoms with van der Waals surface area (Å²) in [6.07, 6.45) is 5.91. The maximum Gasteiger partial charge on any atom is 0.109 e. The Morgan fingerprint density at radius 1 is 1.45 bits per heavy atom. The van der Waals surface area contributed by atoms with Crippen LogP contribution in [0.5, 0.6) is 0 Å². The Labute approximate surface area is 119 Å². The van der Waals surface area contributed by atoms with Crippen LogP contribution in [-0.2, 0) is 31.4 Å². The first-order valence-corrected chi connectivity index (χ1v) is 7.51. The normalized spacial score (nSPS) is 21.9. The third-order valence-electron chi connectivity index (χ3n) is 4.29. The lowest BCUT2D eigenvalue weighted by molar-refractivity contribution is 0.0150. The number of fused-ring (bicyclic) bond motifs is 1. The van der Waals surface area contributed by atoms with E-state index >= 15 is 0 Å². The monoisotopic (exact) mass is 274 g/mol. The van der Waals surface area contributed by atoms with Crippen LogP contribution in [0.2, 0.25) is 0 Å². The number of rotatable bonds is 4. The summed E-state index contributed by atoms with van der Waals surface area (Å²) in [4.78, 5) is 0. The summed E-state index contributed by atoms with van der Waals surface area (Å²) >= 11 is 0. The van der Waals surface area contributed by atoms with E-state index in [1.165, 1.54) is 0 Å². The molecule has 2 heterocycles. The molecule has 0 aliphatic heterocycles. The Bertz CT molecular complexity index is 599. The summed E-state index contributed by atoms with van der Waals surface area (Å²) in [5.41, 5.74) is 2.36. The van der Waals surface area contributed by atoms with E-state index in [4.69, 9.17) is 4.42 Å². The highest BCUT2D eigenvalue weighted by Gasteiger charge is 2.37. The van der Waals surface area contributed by atoms with Gasteiger partial charge in [-0.1, -0.05) is 6.92 Å². The van der Waals surface area contributed by atoms with Crippen molar-refractivity contribution in [1.29, 1.82) is 0 Å². The zero-order valence-corrected chi connectivity index (χ0v) is 12.2. The molecule has 1 aliphatic rings. The van der Waals surface area contributed by atoms with Crippen LogP contribution in [0.15, 0.2) is 22.8 Å². The van der Waals surface area contributed by atoms with Crippen molar-refractivity contribution >= 4 is 0 Å². The first-order chi connectivity index (χ1) is 9.66. The summed E-state index contributed by atoms with van der Waals surface area (Å²) in [6, 6.07) is 4.04. The smallest absolute Gasteiger partial charge is 0.109 e. The number of hydrogen-bond donors (Lipinski definition) is 1. The summed E-state index contributed by atoms with van der Waals surface area (Å²) in [6.45, 7) is 5.03. The Kier molecular flexibility index (Phi) is 3.42. The topological polar surface area (TPSA) is 51.2 Å². The number of aromatic nitrogens is 2. The molecule has 4 nitrogen and oxygen atoms in total. The van der Waals surface area contributed by atoms with Gasteiger partial charge in [0.2, 0.25) is 0 Å². The van der Waals surface area contributed by atoms with E-state index in [-0.39, 0.29) is 0 Å². The Balaban J connectivity index is 1.93. The number of furan rings is 1. The van der Waals surface area contributed by atoms with E-state index in [1.807, 2.05) is 10.7 Å². The maximum atomic E-state index is 11.1. The molecule has 2 aromatic rings. The van der Waals surface area contributed by atoms with Crippen molar-refractivity contribution in [2.24, 2.45) is 0 Å². The maximum absolute atomic E-state index is 11.1. The van der Waals surface area contributed by atoms with Crippen LogP contribution >= 0.6 is 0 Å². The van der Waals surface area contributed by atoms with E-state index < -0.39 is 5.60 Å². The molecule has 108 valence electrons. The van der Waals surface area contributed by atoms with Crippen LogP contribution in [0.4, 0.5) is 0 Å². The molecule has 1 N–H and O–H groups in total. The highest BCUT2D eigenvalue weighted by Crippen LogP contribution is 2.38. The molecule has 0 saturated heterocycles. The Morgan fingerprint density at radius 2 is 2.30 bits per heavy atom. The highest BCUT2D eigenvalue weighted by atomic mass is 16.3. The lowest BCUT2D eigenvalue weighted by Gasteiger charge is -2.31. The van der Waals surface area contributed by atoms with Crippen molar-refractivity contribution in [3.8, 4) is 0 Å². The third-order valence-corrected chi connectivity index (χ3v) is 4.29. The van der Waals surface area contributed by atoms with Gasteiger partial charge in [-0.2, -0.15) is 5.10 Å². The minimum absolute atomic E-state index is 0.611. The molecule has 0 saturated carbocycles. The molecular formula is C16H22N2O2. The fourth-order valence-electron chi connectivity index (χ4n) is 3.21. The minimum atomic E-state index is -0.807. The minimum Gasteiger partial charge on any atom is -0.469 e. The molecule has 1 atom stereocenters. The van der Waals surface area contributed by atoms with E-state index in [2.05, 4.69) is 25.0 Å². The molecule has 0 bridgehead atoms. The van der Waals surface area contributed by atoms with E-state index in [0.29, 0.717) is 6.42 Å². The summed E-state index contributed by atoms with van der Waals surface area (Å²) in [5, 5.41) is 15.6. The van der Waals surface area contributed by atoms with E-state index in [1.54, 1.807) is 6.26 Å². The van der Waals surface area contributed by atoms with Gasteiger partial charge in [0.05, 0.1) is 17.6 Å². The standard InChI is InChI=1S/C16H22N2O2/c1-3-12-10-13(18(4-2)17-12)11-16(19)8-5-6-15-14(16)7-9-20-15/h7,9-10,19H,3-6,8,11H2,1-2H3. The van der Waals surface area contributed by atoms with Crippen LogP contribution in [0.1, 0.15) is 49.4 Å². The van der Waals surface area contributed by atoms with Crippen molar-refractivity contribution in [2.45, 2.75) is 58.1 Å². The summed E-state index contributed by atoms with van der Waals surface area (Å²) in [5.74, 6) is 0.942. The molecule has 0 spiro atoms. The molecule has 0 radical (unpaired) electrons. The number of nitrogens with zero attached hydrogens (tertiary/aromatic N) is 2. The fraction of sp³-hybridized carbons (Fsp3) is 0.562. The fourth-order valence-corrected chi connectivity index (χ4v) is 3.21. The number of aliphatic hydroxyl groups is 1. The van der Waals surface area contributed by atoms with Crippen molar-refractivity contribution in [2.75, 3.05) is 0 Å². The van der Waals surface area contributed by atoms with Gasteiger partial charge in [-0.15, -0.1) is 0 Å². The number of hydrogen-bond acceptors (Lipinski definition) is 3. The zero-order valence-electron chi connectivity index (χ0n) is 12.2. The van der Waals surface area contributed by atoms with Crippen LogP contribution in [0.25, 0.3) is 0 Å². The highest BCUT2D eigenvalue weighted by molar-refractivity contribution is 5.30. The second-order valence-electron chi connectivity index (χ2n) is 5.62. The van der Waals surface area contributed by atoms with Gasteiger partial charge in [0, 0.05) is 30.6 Å². The molecule has 4 heteroatoms. The Morgan fingerprint density at radius 3 is 3.05 bits per heavy atom. The molecule has 0 amide bonds. The summed E-state index contributed by atoms with van der Waals surface area (Å²) < 4.78 is 7.49. The quantitative estimate of drug-likeness (QED) is 0.932. The second kappa shape index (κ2) is 5.09. The SMILES string of the molecule is CCc1cc(CC2(O)CCCc3occc32)n(CC)n1. The lowest BCUT2D eigenvalue weighted by Crippen LogP contribution is -2.33. The van der Waals surface area contributed by atoms with Crippen molar-refractivity contribution in [3.63, 3.8) is 0 Å². The predicted molar refractivity (Wildman–Crippen MR) is 76.5 cm³/mol. The van der Waals surface area contributed by atoms with Gasteiger partial charge >= 0.3 is 0 Å². The largest absolute Gasteiger partial charge is 0.469 e. The lowest BCUT2D eigenvalue weighted by atomic mass is 9.80. The van der Waals surface area contributed by atoms with E-state index in [0.717, 1.165) is 54.9 Å². The molecule has 2 aromatic heterocycles. The van der Waals surface area contributed by atoms with Crippen molar-refractivity contribution in [1.82, 2.24) is 9.78 Å². The molecule has 3 rings (SSSR count). The Hall–Kier alpha value is -1.55. The number of aryl methyl sites for hydroxylation is 3. The van der Waals surface area contributed by atoms with Crippen LogP contribution < -0.4 is 0 Å². The zero-order chi connectivity index (χ0) is 14.2. The first kappa shape index (κ1) is 13.4. The van der Waals surface area contributed by atoms with Crippen molar-refractivity contribution < 1.29 is 9.52 Å².